The molecule has 0 amide bonds. The van der Waals surface area contributed by atoms with E-state index in [1.165, 1.54) is 6.07 Å². The van der Waals surface area contributed by atoms with E-state index in [2.05, 4.69) is 31.4 Å². The molecule has 2 aromatic rings. The molecule has 0 saturated heterocycles. The summed E-state index contributed by atoms with van der Waals surface area (Å²) < 4.78 is 19.1. The predicted octanol–water partition coefficient (Wildman–Crippen LogP) is 4.32. The second kappa shape index (κ2) is 5.24. The molecule has 0 aliphatic heterocycles. The Hall–Kier alpha value is -1.14. The Morgan fingerprint density at radius 1 is 1.44 bits per heavy atom. The smallest absolute Gasteiger partial charge is 0.320 e. The lowest BCUT2D eigenvalue weighted by molar-refractivity contribution is 0.509. The molecule has 4 nitrogen and oxygen atoms in total. The number of benzene rings is 1. The molecule has 0 bridgehead atoms. The van der Waals surface area contributed by atoms with Crippen LogP contribution in [0.5, 0.6) is 0 Å². The van der Waals surface area contributed by atoms with Crippen molar-refractivity contribution in [2.45, 2.75) is 19.2 Å². The van der Waals surface area contributed by atoms with Crippen LogP contribution >= 0.6 is 27.5 Å². The fourth-order valence-corrected chi connectivity index (χ4v) is 1.89. The van der Waals surface area contributed by atoms with Gasteiger partial charge >= 0.3 is 6.01 Å². The molecule has 96 valence electrons. The van der Waals surface area contributed by atoms with E-state index in [1.807, 2.05) is 6.92 Å². The molecule has 18 heavy (non-hydrogen) atoms. The maximum atomic E-state index is 13.4. The van der Waals surface area contributed by atoms with E-state index in [0.29, 0.717) is 16.1 Å². The number of aromatic nitrogens is 2. The maximum absolute atomic E-state index is 13.4. The van der Waals surface area contributed by atoms with E-state index in [-0.39, 0.29) is 17.2 Å². The van der Waals surface area contributed by atoms with E-state index >= 15 is 0 Å². The second-order valence-electron chi connectivity index (χ2n) is 3.77. The first-order valence-electron chi connectivity index (χ1n) is 5.17. The van der Waals surface area contributed by atoms with Gasteiger partial charge in [0.2, 0.25) is 5.89 Å². The first-order valence-corrected chi connectivity index (χ1v) is 6.40. The molecule has 1 atom stereocenters. The minimum absolute atomic E-state index is 0.183. The van der Waals surface area contributed by atoms with E-state index in [1.54, 1.807) is 13.0 Å². The molecule has 0 spiro atoms. The molecule has 0 aliphatic rings. The molecule has 1 N–H and O–H groups in total. The number of alkyl halides is 1. The van der Waals surface area contributed by atoms with E-state index in [9.17, 15) is 4.39 Å². The Balaban J connectivity index is 2.25. The number of rotatable bonds is 3. The van der Waals surface area contributed by atoms with Crippen molar-refractivity contribution in [2.75, 3.05) is 5.32 Å². The van der Waals surface area contributed by atoms with Gasteiger partial charge in [0.25, 0.3) is 0 Å². The van der Waals surface area contributed by atoms with E-state index in [4.69, 9.17) is 16.0 Å². The van der Waals surface area contributed by atoms with Gasteiger partial charge in [-0.1, -0.05) is 5.10 Å². The number of halogens is 3. The average Bonchev–Trinajstić information content (AvgIpc) is 2.74. The largest absolute Gasteiger partial charge is 0.406 e. The van der Waals surface area contributed by atoms with Gasteiger partial charge in [-0.05, 0) is 47.5 Å². The molecular weight excluding hydrogens is 324 g/mol. The lowest BCUT2D eigenvalue weighted by Crippen LogP contribution is -1.95. The van der Waals surface area contributed by atoms with Gasteiger partial charge in [-0.2, -0.15) is 0 Å². The number of hydrogen-bond donors (Lipinski definition) is 1. The van der Waals surface area contributed by atoms with Gasteiger partial charge in [-0.15, -0.1) is 16.7 Å². The van der Waals surface area contributed by atoms with Crippen LogP contribution in [0.4, 0.5) is 16.1 Å². The van der Waals surface area contributed by atoms with Gasteiger partial charge in [0.15, 0.2) is 0 Å². The highest BCUT2D eigenvalue weighted by Crippen LogP contribution is 2.27. The molecule has 1 aromatic carbocycles. The Labute approximate surface area is 117 Å². The molecule has 0 aliphatic carbocycles. The van der Waals surface area contributed by atoms with Crippen molar-refractivity contribution in [3.8, 4) is 0 Å². The third kappa shape index (κ3) is 2.81. The first-order chi connectivity index (χ1) is 8.47. The van der Waals surface area contributed by atoms with Gasteiger partial charge in [0, 0.05) is 5.69 Å². The molecule has 1 aromatic heterocycles. The summed E-state index contributed by atoms with van der Waals surface area (Å²) >= 11 is 8.92. The van der Waals surface area contributed by atoms with E-state index < -0.39 is 0 Å². The highest BCUT2D eigenvalue weighted by Gasteiger charge is 2.12. The topological polar surface area (TPSA) is 51.0 Å². The van der Waals surface area contributed by atoms with Crippen LogP contribution in [0.3, 0.4) is 0 Å². The lowest BCUT2D eigenvalue weighted by Gasteiger charge is -2.06. The minimum atomic E-state index is -0.367. The maximum Gasteiger partial charge on any atom is 0.320 e. The standard InChI is InChI=1S/C11H10BrClFN3O/c1-5-3-7(12)8(14)4-9(5)15-11-17-16-10(18-11)6(2)13/h3-4,6H,1-2H3,(H,15,17). The fraction of sp³-hybridized carbons (Fsp3) is 0.273. The normalized spacial score (nSPS) is 12.5. The first kappa shape index (κ1) is 13.3. The van der Waals surface area contributed by atoms with Crippen LogP contribution < -0.4 is 5.32 Å². The monoisotopic (exact) mass is 333 g/mol. The van der Waals surface area contributed by atoms with Crippen LogP contribution in [0.15, 0.2) is 21.0 Å². The molecule has 0 fully saturated rings. The fourth-order valence-electron chi connectivity index (χ4n) is 1.34. The average molecular weight is 335 g/mol. The van der Waals surface area contributed by atoms with Crippen LogP contribution in [-0.2, 0) is 0 Å². The number of nitrogens with zero attached hydrogens (tertiary/aromatic N) is 2. The Morgan fingerprint density at radius 2 is 2.17 bits per heavy atom. The zero-order valence-electron chi connectivity index (χ0n) is 9.67. The summed E-state index contributed by atoms with van der Waals surface area (Å²) in [6.07, 6.45) is 0. The van der Waals surface area contributed by atoms with Gasteiger partial charge < -0.3 is 9.73 Å². The molecular formula is C11H10BrClFN3O. The van der Waals surface area contributed by atoms with Crippen molar-refractivity contribution < 1.29 is 8.81 Å². The molecule has 1 unspecified atom stereocenters. The third-order valence-electron chi connectivity index (χ3n) is 2.29. The minimum Gasteiger partial charge on any atom is -0.406 e. The lowest BCUT2D eigenvalue weighted by atomic mass is 10.2. The molecule has 7 heteroatoms. The van der Waals surface area contributed by atoms with Crippen LogP contribution in [0, 0.1) is 12.7 Å². The van der Waals surface area contributed by atoms with Gasteiger partial charge in [0.05, 0.1) is 4.47 Å². The number of anilines is 2. The Morgan fingerprint density at radius 3 is 2.78 bits per heavy atom. The van der Waals surface area contributed by atoms with Crippen molar-refractivity contribution in [3.63, 3.8) is 0 Å². The van der Waals surface area contributed by atoms with E-state index in [0.717, 1.165) is 5.56 Å². The van der Waals surface area contributed by atoms with Crippen molar-refractivity contribution >= 4 is 39.2 Å². The van der Waals surface area contributed by atoms with Gasteiger partial charge in [0.1, 0.15) is 11.2 Å². The molecule has 1 heterocycles. The Kier molecular flexibility index (Phi) is 3.87. The third-order valence-corrected chi connectivity index (χ3v) is 3.08. The van der Waals surface area contributed by atoms with Crippen LogP contribution in [-0.4, -0.2) is 10.2 Å². The van der Waals surface area contributed by atoms with Crippen molar-refractivity contribution in [3.05, 3.63) is 33.9 Å². The highest BCUT2D eigenvalue weighted by atomic mass is 79.9. The summed E-state index contributed by atoms with van der Waals surface area (Å²) in [4.78, 5) is 0. The van der Waals surface area contributed by atoms with Crippen molar-refractivity contribution in [1.29, 1.82) is 0 Å². The van der Waals surface area contributed by atoms with Crippen molar-refractivity contribution in [1.82, 2.24) is 10.2 Å². The molecule has 0 radical (unpaired) electrons. The number of nitrogens with one attached hydrogen (secondary N) is 1. The Bertz CT molecular complexity index is 573. The SMILES string of the molecule is Cc1cc(Br)c(F)cc1Nc1nnc(C(C)Cl)o1. The predicted molar refractivity (Wildman–Crippen MR) is 70.7 cm³/mol. The van der Waals surface area contributed by atoms with Crippen molar-refractivity contribution in [2.24, 2.45) is 0 Å². The summed E-state index contributed by atoms with van der Waals surface area (Å²) in [7, 11) is 0. The summed E-state index contributed by atoms with van der Waals surface area (Å²) in [6.45, 7) is 3.57. The van der Waals surface area contributed by atoms with Gasteiger partial charge in [-0.25, -0.2) is 4.39 Å². The van der Waals surface area contributed by atoms with Crippen LogP contribution in [0.1, 0.15) is 23.8 Å². The number of hydrogen-bond acceptors (Lipinski definition) is 4. The summed E-state index contributed by atoms with van der Waals surface area (Å²) in [5, 5.41) is 10.0. The van der Waals surface area contributed by atoms with Crippen LogP contribution in [0.2, 0.25) is 0 Å². The zero-order valence-corrected chi connectivity index (χ0v) is 12.0. The molecule has 0 saturated carbocycles. The highest BCUT2D eigenvalue weighted by molar-refractivity contribution is 9.10. The number of aryl methyl sites for hydroxylation is 1. The van der Waals surface area contributed by atoms with Crippen LogP contribution in [0.25, 0.3) is 0 Å². The summed E-state index contributed by atoms with van der Waals surface area (Å²) in [5.74, 6) is -0.0528. The zero-order chi connectivity index (χ0) is 13.3. The quantitative estimate of drug-likeness (QED) is 0.849. The molecule has 2 rings (SSSR count). The van der Waals surface area contributed by atoms with Gasteiger partial charge in [-0.3, -0.25) is 0 Å². The summed E-state index contributed by atoms with van der Waals surface area (Å²) in [6, 6.07) is 3.20. The summed E-state index contributed by atoms with van der Waals surface area (Å²) in [5.41, 5.74) is 1.41. The second-order valence-corrected chi connectivity index (χ2v) is 5.28.